The highest BCUT2D eigenvalue weighted by atomic mass is 16.5. The van der Waals surface area contributed by atoms with Crippen LogP contribution >= 0.6 is 0 Å². The second-order valence-corrected chi connectivity index (χ2v) is 5.73. The minimum atomic E-state index is 0.198. The number of nitrogens with one attached hydrogen (secondary N) is 1. The van der Waals surface area contributed by atoms with E-state index in [1.54, 1.807) is 6.07 Å². The summed E-state index contributed by atoms with van der Waals surface area (Å²) in [5, 5.41) is 13.3. The molecular weight excluding hydrogens is 252 g/mol. The van der Waals surface area contributed by atoms with Crippen LogP contribution in [0.4, 0.5) is 0 Å². The maximum absolute atomic E-state index is 9.70. The fraction of sp³-hybridized carbons (Fsp3) is 0.625. The molecule has 114 valence electrons. The Morgan fingerprint density at radius 3 is 2.55 bits per heavy atom. The number of ether oxygens (including phenoxy) is 1. The first-order valence-corrected chi connectivity index (χ1v) is 7.26. The van der Waals surface area contributed by atoms with Gasteiger partial charge in [-0.3, -0.25) is 0 Å². The Kier molecular flexibility index (Phi) is 6.82. The van der Waals surface area contributed by atoms with Gasteiger partial charge < -0.3 is 20.1 Å². The molecule has 2 N–H and O–H groups in total. The number of aromatic hydroxyl groups is 1. The number of hydrogen-bond acceptors (Lipinski definition) is 4. The molecule has 1 aromatic rings. The number of nitrogens with zero attached hydrogens (tertiary/aromatic N) is 1. The number of phenols is 1. The van der Waals surface area contributed by atoms with Gasteiger partial charge in [0.1, 0.15) is 0 Å². The van der Waals surface area contributed by atoms with Crippen LogP contribution in [-0.2, 0) is 6.54 Å². The van der Waals surface area contributed by atoms with Crippen LogP contribution in [0.15, 0.2) is 18.2 Å². The molecule has 0 saturated heterocycles. The monoisotopic (exact) mass is 280 g/mol. The van der Waals surface area contributed by atoms with Crippen LogP contribution in [0.5, 0.6) is 11.5 Å². The number of rotatable bonds is 8. The molecule has 0 heterocycles. The van der Waals surface area contributed by atoms with Gasteiger partial charge in [-0.25, -0.2) is 0 Å². The normalized spacial score (nSPS) is 12.9. The highest BCUT2D eigenvalue weighted by Crippen LogP contribution is 2.26. The standard InChI is InChI=1S/C16H28N2O2/c1-6-20-16-9-13(7-8-15(16)19)10-17-14(12(2)3)11-18(4)5/h7-9,12,14,17,19H,6,10-11H2,1-5H3. The zero-order valence-corrected chi connectivity index (χ0v) is 13.3. The van der Waals surface area contributed by atoms with Gasteiger partial charge in [-0.05, 0) is 44.6 Å². The largest absolute Gasteiger partial charge is 0.504 e. The fourth-order valence-corrected chi connectivity index (χ4v) is 2.09. The van der Waals surface area contributed by atoms with Gasteiger partial charge in [-0.1, -0.05) is 19.9 Å². The summed E-state index contributed by atoms with van der Waals surface area (Å²) in [6.07, 6.45) is 0. The van der Waals surface area contributed by atoms with Gasteiger partial charge >= 0.3 is 0 Å². The molecule has 0 amide bonds. The molecule has 1 unspecified atom stereocenters. The lowest BCUT2D eigenvalue weighted by molar-refractivity contribution is 0.287. The van der Waals surface area contributed by atoms with Crippen LogP contribution in [0.1, 0.15) is 26.3 Å². The summed E-state index contributed by atoms with van der Waals surface area (Å²) in [4.78, 5) is 2.19. The van der Waals surface area contributed by atoms with Crippen molar-refractivity contribution in [3.63, 3.8) is 0 Å². The zero-order chi connectivity index (χ0) is 15.1. The summed E-state index contributed by atoms with van der Waals surface area (Å²) in [5.74, 6) is 1.32. The lowest BCUT2D eigenvalue weighted by Crippen LogP contribution is -2.41. The molecule has 4 nitrogen and oxygen atoms in total. The van der Waals surface area contributed by atoms with Crippen LogP contribution < -0.4 is 10.1 Å². The Morgan fingerprint density at radius 2 is 2.00 bits per heavy atom. The van der Waals surface area contributed by atoms with E-state index in [0.717, 1.165) is 18.7 Å². The SMILES string of the molecule is CCOc1cc(CNC(CN(C)C)C(C)C)ccc1O. The molecule has 0 aliphatic heterocycles. The van der Waals surface area contributed by atoms with E-state index in [4.69, 9.17) is 4.74 Å². The molecule has 0 aliphatic rings. The van der Waals surface area contributed by atoms with Crippen molar-refractivity contribution < 1.29 is 9.84 Å². The molecule has 0 saturated carbocycles. The fourth-order valence-electron chi connectivity index (χ4n) is 2.09. The average molecular weight is 280 g/mol. The highest BCUT2D eigenvalue weighted by molar-refractivity contribution is 5.41. The number of hydrogen-bond donors (Lipinski definition) is 2. The van der Waals surface area contributed by atoms with Gasteiger partial charge in [-0.2, -0.15) is 0 Å². The van der Waals surface area contributed by atoms with Crippen molar-refractivity contribution in [1.29, 1.82) is 0 Å². The van der Waals surface area contributed by atoms with Crippen molar-refractivity contribution >= 4 is 0 Å². The first kappa shape index (κ1) is 16.8. The highest BCUT2D eigenvalue weighted by Gasteiger charge is 2.14. The summed E-state index contributed by atoms with van der Waals surface area (Å²) in [5.41, 5.74) is 1.12. The van der Waals surface area contributed by atoms with Gasteiger partial charge in [0.25, 0.3) is 0 Å². The topological polar surface area (TPSA) is 44.7 Å². The zero-order valence-electron chi connectivity index (χ0n) is 13.3. The quantitative estimate of drug-likeness (QED) is 0.768. The Labute approximate surface area is 122 Å². The van der Waals surface area contributed by atoms with E-state index in [1.165, 1.54) is 0 Å². The minimum absolute atomic E-state index is 0.198. The summed E-state index contributed by atoms with van der Waals surface area (Å²) in [6.45, 7) is 8.70. The molecule has 1 aromatic carbocycles. The molecule has 1 rings (SSSR count). The van der Waals surface area contributed by atoms with E-state index in [9.17, 15) is 5.11 Å². The lowest BCUT2D eigenvalue weighted by Gasteiger charge is -2.26. The minimum Gasteiger partial charge on any atom is -0.504 e. The Bertz CT molecular complexity index is 405. The molecule has 0 aromatic heterocycles. The molecule has 0 radical (unpaired) electrons. The van der Waals surface area contributed by atoms with Crippen molar-refractivity contribution in [2.24, 2.45) is 5.92 Å². The second-order valence-electron chi connectivity index (χ2n) is 5.73. The number of likely N-dealkylation sites (N-methyl/N-ethyl adjacent to an activating group) is 1. The molecule has 0 spiro atoms. The first-order chi connectivity index (χ1) is 9.43. The van der Waals surface area contributed by atoms with Gasteiger partial charge in [0, 0.05) is 19.1 Å². The van der Waals surface area contributed by atoms with Crippen LogP contribution in [0, 0.1) is 5.92 Å². The van der Waals surface area contributed by atoms with E-state index in [-0.39, 0.29) is 5.75 Å². The summed E-state index contributed by atoms with van der Waals surface area (Å²) in [7, 11) is 4.18. The van der Waals surface area contributed by atoms with E-state index >= 15 is 0 Å². The maximum Gasteiger partial charge on any atom is 0.161 e. The third kappa shape index (κ3) is 5.39. The average Bonchev–Trinajstić information content (AvgIpc) is 2.37. The van der Waals surface area contributed by atoms with Crippen molar-refractivity contribution in [3.8, 4) is 11.5 Å². The van der Waals surface area contributed by atoms with E-state index in [2.05, 4.69) is 38.2 Å². The Morgan fingerprint density at radius 1 is 1.30 bits per heavy atom. The molecule has 4 heteroatoms. The van der Waals surface area contributed by atoms with Crippen LogP contribution in [0.25, 0.3) is 0 Å². The molecule has 20 heavy (non-hydrogen) atoms. The van der Waals surface area contributed by atoms with Crippen LogP contribution in [0.2, 0.25) is 0 Å². The molecule has 0 bridgehead atoms. The second kappa shape index (κ2) is 8.12. The Balaban J connectivity index is 2.65. The predicted molar refractivity (Wildman–Crippen MR) is 83.3 cm³/mol. The van der Waals surface area contributed by atoms with Crippen molar-refractivity contribution in [3.05, 3.63) is 23.8 Å². The van der Waals surface area contributed by atoms with E-state index < -0.39 is 0 Å². The van der Waals surface area contributed by atoms with E-state index in [1.807, 2.05) is 19.1 Å². The van der Waals surface area contributed by atoms with Crippen molar-refractivity contribution in [2.45, 2.75) is 33.4 Å². The van der Waals surface area contributed by atoms with Gasteiger partial charge in [0.05, 0.1) is 6.61 Å². The van der Waals surface area contributed by atoms with Crippen LogP contribution in [0.3, 0.4) is 0 Å². The Hall–Kier alpha value is -1.26. The molecule has 1 atom stereocenters. The van der Waals surface area contributed by atoms with E-state index in [0.29, 0.717) is 24.3 Å². The summed E-state index contributed by atoms with van der Waals surface area (Å²) >= 11 is 0. The maximum atomic E-state index is 9.70. The molecule has 0 aliphatic carbocycles. The van der Waals surface area contributed by atoms with Gasteiger partial charge in [0.15, 0.2) is 11.5 Å². The smallest absolute Gasteiger partial charge is 0.161 e. The van der Waals surface area contributed by atoms with Crippen molar-refractivity contribution in [1.82, 2.24) is 10.2 Å². The third-order valence-electron chi connectivity index (χ3n) is 3.26. The molecular formula is C16H28N2O2. The summed E-state index contributed by atoms with van der Waals surface area (Å²) in [6, 6.07) is 5.96. The first-order valence-electron chi connectivity index (χ1n) is 7.26. The third-order valence-corrected chi connectivity index (χ3v) is 3.26. The lowest BCUT2D eigenvalue weighted by atomic mass is 10.0. The number of phenolic OH excluding ortho intramolecular Hbond substituents is 1. The summed E-state index contributed by atoms with van der Waals surface area (Å²) < 4.78 is 5.41. The molecule has 0 fully saturated rings. The number of benzene rings is 1. The van der Waals surface area contributed by atoms with Gasteiger partial charge in [0.2, 0.25) is 0 Å². The van der Waals surface area contributed by atoms with Crippen LogP contribution in [-0.4, -0.2) is 43.3 Å². The van der Waals surface area contributed by atoms with Gasteiger partial charge in [-0.15, -0.1) is 0 Å². The predicted octanol–water partition coefficient (Wildman–Crippen LogP) is 2.47. The van der Waals surface area contributed by atoms with Crippen molar-refractivity contribution in [2.75, 3.05) is 27.2 Å².